The maximum absolute atomic E-state index is 3.83. The molecule has 0 aromatic heterocycles. The van der Waals surface area contributed by atoms with Crippen molar-refractivity contribution in [1.29, 1.82) is 0 Å². The fraction of sp³-hybridized carbons (Fsp3) is 1.00. The Bertz CT molecular complexity index is 166. The van der Waals surface area contributed by atoms with Gasteiger partial charge in [-0.05, 0) is 32.1 Å². The van der Waals surface area contributed by atoms with E-state index in [1.165, 1.54) is 64.2 Å². The lowest BCUT2D eigenvalue weighted by molar-refractivity contribution is 0.293. The number of hydrogen-bond acceptors (Lipinski definition) is 1. The van der Waals surface area contributed by atoms with Crippen LogP contribution in [0, 0.1) is 5.92 Å². The summed E-state index contributed by atoms with van der Waals surface area (Å²) in [6.07, 6.45) is 14.6. The molecule has 2 rings (SSSR count). The zero-order chi connectivity index (χ0) is 10.5. The fourth-order valence-electron chi connectivity index (χ4n) is 3.49. The third kappa shape index (κ3) is 3.79. The van der Waals surface area contributed by atoms with E-state index in [-0.39, 0.29) is 0 Å². The molecular weight excluding hydrogens is 182 g/mol. The third-order valence-corrected chi connectivity index (χ3v) is 4.29. The Kier molecular flexibility index (Phi) is 4.49. The topological polar surface area (TPSA) is 12.0 Å². The van der Waals surface area contributed by atoms with Crippen molar-refractivity contribution in [3.63, 3.8) is 0 Å². The highest BCUT2D eigenvalue weighted by molar-refractivity contribution is 4.79. The van der Waals surface area contributed by atoms with E-state index in [9.17, 15) is 0 Å². The summed E-state index contributed by atoms with van der Waals surface area (Å²) in [6, 6.07) is 1.61. The fourth-order valence-corrected chi connectivity index (χ4v) is 3.49. The smallest absolute Gasteiger partial charge is 0.00695 e. The molecule has 0 aromatic carbocycles. The van der Waals surface area contributed by atoms with Crippen LogP contribution in [0.15, 0.2) is 0 Å². The van der Waals surface area contributed by atoms with E-state index in [0.29, 0.717) is 0 Å². The summed E-state index contributed by atoms with van der Waals surface area (Å²) in [7, 11) is 0. The van der Waals surface area contributed by atoms with Gasteiger partial charge in [0.2, 0.25) is 0 Å². The Morgan fingerprint density at radius 1 is 0.933 bits per heavy atom. The molecule has 1 heteroatoms. The van der Waals surface area contributed by atoms with Crippen LogP contribution in [0.1, 0.15) is 71.1 Å². The lowest BCUT2D eigenvalue weighted by Gasteiger charge is -2.27. The lowest BCUT2D eigenvalue weighted by atomic mass is 9.85. The van der Waals surface area contributed by atoms with Gasteiger partial charge in [-0.25, -0.2) is 0 Å². The summed E-state index contributed by atoms with van der Waals surface area (Å²) in [6.45, 7) is 2.40. The van der Waals surface area contributed by atoms with Crippen molar-refractivity contribution in [2.45, 2.75) is 83.2 Å². The van der Waals surface area contributed by atoms with Crippen molar-refractivity contribution >= 4 is 0 Å². The maximum Gasteiger partial charge on any atom is 0.00695 e. The minimum absolute atomic E-state index is 0.760. The minimum atomic E-state index is 0.760. The Morgan fingerprint density at radius 3 is 2.20 bits per heavy atom. The number of nitrogens with one attached hydrogen (secondary N) is 1. The van der Waals surface area contributed by atoms with Gasteiger partial charge in [-0.1, -0.05) is 44.9 Å². The molecule has 2 fully saturated rings. The molecule has 0 heterocycles. The molecule has 2 saturated carbocycles. The van der Waals surface area contributed by atoms with Gasteiger partial charge in [0.05, 0.1) is 0 Å². The zero-order valence-corrected chi connectivity index (χ0v) is 10.3. The molecule has 2 aliphatic carbocycles. The highest BCUT2D eigenvalue weighted by atomic mass is 14.9. The molecule has 0 spiro atoms. The summed E-state index contributed by atoms with van der Waals surface area (Å²) in [5.41, 5.74) is 0. The summed E-state index contributed by atoms with van der Waals surface area (Å²) in [4.78, 5) is 0. The summed E-state index contributed by atoms with van der Waals surface area (Å²) < 4.78 is 0. The second-order valence-corrected chi connectivity index (χ2v) is 5.79. The zero-order valence-electron chi connectivity index (χ0n) is 10.3. The average Bonchev–Trinajstić information content (AvgIpc) is 2.71. The van der Waals surface area contributed by atoms with Gasteiger partial charge in [0, 0.05) is 12.1 Å². The van der Waals surface area contributed by atoms with Crippen molar-refractivity contribution in [1.82, 2.24) is 5.32 Å². The minimum Gasteiger partial charge on any atom is -0.311 e. The number of rotatable bonds is 4. The van der Waals surface area contributed by atoms with Gasteiger partial charge in [-0.2, -0.15) is 0 Å². The van der Waals surface area contributed by atoms with Crippen molar-refractivity contribution in [3.8, 4) is 0 Å². The first kappa shape index (κ1) is 11.4. The standard InChI is InChI=1S/C14H27N/c1-12(15-14-9-5-6-10-14)11-13-7-3-2-4-8-13/h12-15H,2-11H2,1H3. The molecule has 15 heavy (non-hydrogen) atoms. The Balaban J connectivity index is 1.64. The summed E-state index contributed by atoms with van der Waals surface area (Å²) in [5.74, 6) is 1.03. The molecule has 1 atom stereocenters. The van der Waals surface area contributed by atoms with Crippen molar-refractivity contribution in [3.05, 3.63) is 0 Å². The maximum atomic E-state index is 3.83. The quantitative estimate of drug-likeness (QED) is 0.741. The SMILES string of the molecule is CC(CC1CCCCC1)NC1CCCC1. The third-order valence-electron chi connectivity index (χ3n) is 4.29. The first-order chi connectivity index (χ1) is 7.34. The van der Waals surface area contributed by atoms with Crippen LogP contribution in [0.2, 0.25) is 0 Å². The predicted molar refractivity (Wildman–Crippen MR) is 66.0 cm³/mol. The van der Waals surface area contributed by atoms with Gasteiger partial charge >= 0.3 is 0 Å². The lowest BCUT2D eigenvalue weighted by Crippen LogP contribution is -2.36. The second kappa shape index (κ2) is 5.89. The average molecular weight is 209 g/mol. The van der Waals surface area contributed by atoms with E-state index in [1.54, 1.807) is 0 Å². The molecule has 0 amide bonds. The molecule has 0 saturated heterocycles. The number of hydrogen-bond donors (Lipinski definition) is 1. The van der Waals surface area contributed by atoms with Crippen LogP contribution in [-0.4, -0.2) is 12.1 Å². The first-order valence-electron chi connectivity index (χ1n) is 7.10. The molecule has 0 bridgehead atoms. The van der Waals surface area contributed by atoms with Crippen LogP contribution in [-0.2, 0) is 0 Å². The van der Waals surface area contributed by atoms with Crippen LogP contribution in [0.5, 0.6) is 0 Å². The Labute approximate surface area is 95.0 Å². The van der Waals surface area contributed by atoms with Crippen LogP contribution < -0.4 is 5.32 Å². The molecule has 0 radical (unpaired) electrons. The van der Waals surface area contributed by atoms with E-state index < -0.39 is 0 Å². The molecule has 0 aromatic rings. The van der Waals surface area contributed by atoms with Gasteiger partial charge in [-0.15, -0.1) is 0 Å². The molecule has 1 nitrogen and oxygen atoms in total. The summed E-state index contributed by atoms with van der Waals surface area (Å²) in [5, 5.41) is 3.83. The van der Waals surface area contributed by atoms with Crippen LogP contribution in [0.4, 0.5) is 0 Å². The molecular formula is C14H27N. The van der Waals surface area contributed by atoms with Gasteiger partial charge in [0.25, 0.3) is 0 Å². The highest BCUT2D eigenvalue weighted by Crippen LogP contribution is 2.28. The van der Waals surface area contributed by atoms with Crippen LogP contribution >= 0.6 is 0 Å². The molecule has 2 aliphatic rings. The van der Waals surface area contributed by atoms with E-state index >= 15 is 0 Å². The Hall–Kier alpha value is -0.0400. The highest BCUT2D eigenvalue weighted by Gasteiger charge is 2.20. The van der Waals surface area contributed by atoms with Crippen molar-refractivity contribution < 1.29 is 0 Å². The molecule has 1 unspecified atom stereocenters. The second-order valence-electron chi connectivity index (χ2n) is 5.79. The van der Waals surface area contributed by atoms with Gasteiger partial charge < -0.3 is 5.32 Å². The largest absolute Gasteiger partial charge is 0.311 e. The van der Waals surface area contributed by atoms with Crippen molar-refractivity contribution in [2.24, 2.45) is 5.92 Å². The molecule has 1 N–H and O–H groups in total. The predicted octanol–water partition coefficient (Wildman–Crippen LogP) is 3.88. The van der Waals surface area contributed by atoms with E-state index in [2.05, 4.69) is 12.2 Å². The van der Waals surface area contributed by atoms with Crippen molar-refractivity contribution in [2.75, 3.05) is 0 Å². The van der Waals surface area contributed by atoms with E-state index in [4.69, 9.17) is 0 Å². The van der Waals surface area contributed by atoms with Crippen LogP contribution in [0.25, 0.3) is 0 Å². The molecule has 88 valence electrons. The van der Waals surface area contributed by atoms with Gasteiger partial charge in [0.1, 0.15) is 0 Å². The summed E-state index contributed by atoms with van der Waals surface area (Å²) >= 11 is 0. The van der Waals surface area contributed by atoms with Crippen LogP contribution in [0.3, 0.4) is 0 Å². The van der Waals surface area contributed by atoms with E-state index in [1.807, 2.05) is 0 Å². The Morgan fingerprint density at radius 2 is 1.53 bits per heavy atom. The van der Waals surface area contributed by atoms with E-state index in [0.717, 1.165) is 18.0 Å². The van der Waals surface area contributed by atoms with Gasteiger partial charge in [-0.3, -0.25) is 0 Å². The van der Waals surface area contributed by atoms with Gasteiger partial charge in [0.15, 0.2) is 0 Å². The first-order valence-corrected chi connectivity index (χ1v) is 7.10. The normalized spacial score (nSPS) is 27.0. The molecule has 0 aliphatic heterocycles. The monoisotopic (exact) mass is 209 g/mol.